The molecule has 2 heterocycles. The van der Waals surface area contributed by atoms with E-state index in [0.717, 1.165) is 0 Å². The van der Waals surface area contributed by atoms with Gasteiger partial charge in [0.25, 0.3) is 5.91 Å². The lowest BCUT2D eigenvalue weighted by Gasteiger charge is -2.33. The molecule has 0 saturated carbocycles. The van der Waals surface area contributed by atoms with Gasteiger partial charge in [-0.05, 0) is 13.0 Å². The molecule has 1 aromatic rings. The van der Waals surface area contributed by atoms with Gasteiger partial charge >= 0.3 is 0 Å². The number of ether oxygens (including phenoxy) is 1. The zero-order valence-electron chi connectivity index (χ0n) is 9.19. The highest BCUT2D eigenvalue weighted by Crippen LogP contribution is 2.19. The molecule has 0 spiro atoms. The van der Waals surface area contributed by atoms with Crippen LogP contribution in [0, 0.1) is 0 Å². The van der Waals surface area contributed by atoms with Gasteiger partial charge in [-0.15, -0.1) is 10.2 Å². The number of amides is 1. The lowest BCUT2D eigenvalue weighted by molar-refractivity contribution is 0.00357. The maximum Gasteiger partial charge on any atom is 0.257 e. The molecule has 1 atom stereocenters. The van der Waals surface area contributed by atoms with E-state index in [1.54, 1.807) is 4.90 Å². The van der Waals surface area contributed by atoms with E-state index >= 15 is 0 Å². The summed E-state index contributed by atoms with van der Waals surface area (Å²) in [6.45, 7) is 3.51. The largest absolute Gasteiger partial charge is 0.377 e. The van der Waals surface area contributed by atoms with Gasteiger partial charge in [0.15, 0.2) is 10.3 Å². The smallest absolute Gasteiger partial charge is 0.257 e. The fraction of sp³-hybridized carbons (Fsp3) is 0.500. The number of nitrogens with zero attached hydrogens (tertiary/aromatic N) is 3. The average Bonchev–Trinajstić information content (AvgIpc) is 2.32. The summed E-state index contributed by atoms with van der Waals surface area (Å²) < 4.78 is 5.27. The predicted octanol–water partition coefficient (Wildman–Crippen LogP) is 1.64. The molecule has 5 nitrogen and oxygen atoms in total. The van der Waals surface area contributed by atoms with Crippen LogP contribution in [0.25, 0.3) is 0 Å². The van der Waals surface area contributed by atoms with E-state index in [0.29, 0.717) is 19.8 Å². The monoisotopic (exact) mass is 275 g/mol. The Balaban J connectivity index is 2.26. The molecule has 1 aliphatic heterocycles. The molecule has 0 N–H and O–H groups in total. The molecule has 0 aromatic carbocycles. The van der Waals surface area contributed by atoms with Crippen LogP contribution in [0.15, 0.2) is 6.07 Å². The highest BCUT2D eigenvalue weighted by Gasteiger charge is 2.26. The zero-order valence-corrected chi connectivity index (χ0v) is 10.7. The fourth-order valence-electron chi connectivity index (χ4n) is 1.69. The number of rotatable bonds is 1. The van der Waals surface area contributed by atoms with Crippen LogP contribution in [0.1, 0.15) is 17.3 Å². The number of halogens is 2. The second-order valence-electron chi connectivity index (χ2n) is 3.79. The highest BCUT2D eigenvalue weighted by molar-refractivity contribution is 6.34. The van der Waals surface area contributed by atoms with Gasteiger partial charge in [-0.2, -0.15) is 0 Å². The van der Waals surface area contributed by atoms with Gasteiger partial charge in [-0.25, -0.2) is 0 Å². The molecular formula is C10H11Cl2N3O2. The SMILES string of the molecule is CC1COCCN1C(=O)c1cc(Cl)nnc1Cl. The van der Waals surface area contributed by atoms with Gasteiger partial charge in [0.1, 0.15) is 0 Å². The van der Waals surface area contributed by atoms with Crippen LogP contribution in [0.3, 0.4) is 0 Å². The van der Waals surface area contributed by atoms with Gasteiger partial charge in [-0.1, -0.05) is 23.2 Å². The molecule has 17 heavy (non-hydrogen) atoms. The fourth-order valence-corrected chi connectivity index (χ4v) is 2.01. The summed E-state index contributed by atoms with van der Waals surface area (Å²) in [6.07, 6.45) is 0. The molecular weight excluding hydrogens is 265 g/mol. The average molecular weight is 276 g/mol. The van der Waals surface area contributed by atoms with Gasteiger partial charge in [0, 0.05) is 6.54 Å². The Morgan fingerprint density at radius 3 is 3.00 bits per heavy atom. The van der Waals surface area contributed by atoms with E-state index < -0.39 is 0 Å². The van der Waals surface area contributed by atoms with Crippen molar-refractivity contribution in [2.45, 2.75) is 13.0 Å². The maximum atomic E-state index is 12.2. The second kappa shape index (κ2) is 5.16. The number of carbonyl (C=O) groups excluding carboxylic acids is 1. The van der Waals surface area contributed by atoms with Crippen LogP contribution in [0.2, 0.25) is 10.3 Å². The van der Waals surface area contributed by atoms with Gasteiger partial charge < -0.3 is 9.64 Å². The quantitative estimate of drug-likeness (QED) is 0.782. The van der Waals surface area contributed by atoms with Gasteiger partial charge in [-0.3, -0.25) is 4.79 Å². The van der Waals surface area contributed by atoms with Crippen molar-refractivity contribution in [2.75, 3.05) is 19.8 Å². The molecule has 92 valence electrons. The first-order chi connectivity index (χ1) is 8.09. The van der Waals surface area contributed by atoms with Crippen molar-refractivity contribution in [1.29, 1.82) is 0 Å². The number of hydrogen-bond acceptors (Lipinski definition) is 4. The van der Waals surface area contributed by atoms with E-state index in [-0.39, 0.29) is 27.8 Å². The van der Waals surface area contributed by atoms with Crippen LogP contribution in [-0.2, 0) is 4.74 Å². The Labute approximate surface area is 109 Å². The lowest BCUT2D eigenvalue weighted by atomic mass is 10.2. The Bertz CT molecular complexity index is 442. The second-order valence-corrected chi connectivity index (χ2v) is 4.54. The van der Waals surface area contributed by atoms with E-state index in [1.807, 2.05) is 6.92 Å². The normalized spacial score (nSPS) is 20.4. The first kappa shape index (κ1) is 12.5. The van der Waals surface area contributed by atoms with Crippen molar-refractivity contribution in [1.82, 2.24) is 15.1 Å². The Morgan fingerprint density at radius 2 is 2.29 bits per heavy atom. The molecule has 0 aliphatic carbocycles. The van der Waals surface area contributed by atoms with E-state index in [1.165, 1.54) is 6.07 Å². The third-order valence-corrected chi connectivity index (χ3v) is 3.04. The van der Waals surface area contributed by atoms with Crippen molar-refractivity contribution in [3.63, 3.8) is 0 Å². The minimum Gasteiger partial charge on any atom is -0.377 e. The minimum absolute atomic E-state index is 0.0132. The third kappa shape index (κ3) is 2.68. The predicted molar refractivity (Wildman–Crippen MR) is 63.4 cm³/mol. The highest BCUT2D eigenvalue weighted by atomic mass is 35.5. The third-order valence-electron chi connectivity index (χ3n) is 2.58. The molecule has 0 bridgehead atoms. The number of hydrogen-bond donors (Lipinski definition) is 0. The Morgan fingerprint density at radius 1 is 1.53 bits per heavy atom. The topological polar surface area (TPSA) is 55.3 Å². The first-order valence-electron chi connectivity index (χ1n) is 5.17. The van der Waals surface area contributed by atoms with Crippen molar-refractivity contribution < 1.29 is 9.53 Å². The molecule has 1 amide bonds. The van der Waals surface area contributed by atoms with E-state index in [4.69, 9.17) is 27.9 Å². The van der Waals surface area contributed by atoms with E-state index in [2.05, 4.69) is 10.2 Å². The maximum absolute atomic E-state index is 12.2. The zero-order chi connectivity index (χ0) is 12.4. The summed E-state index contributed by atoms with van der Waals surface area (Å²) in [5.74, 6) is -0.192. The summed E-state index contributed by atoms with van der Waals surface area (Å²) in [4.78, 5) is 13.9. The van der Waals surface area contributed by atoms with Crippen LogP contribution in [-0.4, -0.2) is 46.8 Å². The van der Waals surface area contributed by atoms with Crippen molar-refractivity contribution in [3.8, 4) is 0 Å². The number of morpholine rings is 1. The van der Waals surface area contributed by atoms with Crippen LogP contribution in [0.4, 0.5) is 0 Å². The Kier molecular flexibility index (Phi) is 3.81. The standard InChI is InChI=1S/C10H11Cl2N3O2/c1-6-5-17-3-2-15(6)10(16)7-4-8(11)13-14-9(7)12/h4,6H,2-3,5H2,1H3. The summed E-state index contributed by atoms with van der Waals surface area (Å²) >= 11 is 11.6. The molecule has 1 unspecified atom stereocenters. The van der Waals surface area contributed by atoms with E-state index in [9.17, 15) is 4.79 Å². The first-order valence-corrected chi connectivity index (χ1v) is 5.92. The Hall–Kier alpha value is -0.910. The number of aromatic nitrogens is 2. The minimum atomic E-state index is -0.192. The summed E-state index contributed by atoms with van der Waals surface area (Å²) in [7, 11) is 0. The molecule has 7 heteroatoms. The molecule has 1 aromatic heterocycles. The number of carbonyl (C=O) groups is 1. The van der Waals surface area contributed by atoms with Crippen molar-refractivity contribution >= 4 is 29.1 Å². The molecule has 1 fully saturated rings. The van der Waals surface area contributed by atoms with Crippen LogP contribution in [0.5, 0.6) is 0 Å². The van der Waals surface area contributed by atoms with Crippen LogP contribution >= 0.6 is 23.2 Å². The summed E-state index contributed by atoms with van der Waals surface area (Å²) in [5.41, 5.74) is 0.278. The van der Waals surface area contributed by atoms with Crippen molar-refractivity contribution in [2.24, 2.45) is 0 Å². The molecule has 1 aliphatic rings. The van der Waals surface area contributed by atoms with Crippen LogP contribution < -0.4 is 0 Å². The molecule has 0 radical (unpaired) electrons. The van der Waals surface area contributed by atoms with Crippen molar-refractivity contribution in [3.05, 3.63) is 21.9 Å². The lowest BCUT2D eigenvalue weighted by Crippen LogP contribution is -2.47. The summed E-state index contributed by atoms with van der Waals surface area (Å²) in [6, 6.07) is 1.45. The molecule has 2 rings (SSSR count). The van der Waals surface area contributed by atoms with Gasteiger partial charge in [0.05, 0.1) is 24.8 Å². The van der Waals surface area contributed by atoms with Gasteiger partial charge in [0.2, 0.25) is 0 Å². The molecule has 1 saturated heterocycles. The summed E-state index contributed by atoms with van der Waals surface area (Å²) in [5, 5.41) is 7.42.